The first-order valence-electron chi connectivity index (χ1n) is 16.7. The standard InChI is InChI=1S/C32H27N2O.C13H12N.Ir/c1-19-15-27-21(13-14-30(34-27)32(3,4)5)16-25(19)26-17-28(33-18-20(26)2)24-11-8-10-23-22-9-6-7-12-29(22)35-31(23)24;1-10-3-6-12(7-4-10)13-8-5-11(2)9-14-13;/h6-10,12-18H,1-5H3;3-6,8-9H,1-2H3;/q2*-1;. The fourth-order valence-electron chi connectivity index (χ4n) is 6.10. The van der Waals surface area contributed by atoms with Gasteiger partial charge in [-0.1, -0.05) is 81.1 Å². The number of hydrogen-bond acceptors (Lipinski definition) is 4. The van der Waals surface area contributed by atoms with Crippen LogP contribution in [0.1, 0.15) is 48.7 Å². The van der Waals surface area contributed by atoms with Crippen molar-refractivity contribution in [1.82, 2.24) is 15.0 Å². The summed E-state index contributed by atoms with van der Waals surface area (Å²) in [5.74, 6) is 0. The summed E-state index contributed by atoms with van der Waals surface area (Å²) in [4.78, 5) is 14.1. The molecule has 0 aliphatic carbocycles. The van der Waals surface area contributed by atoms with Crippen LogP contribution in [0.3, 0.4) is 0 Å². The Labute approximate surface area is 308 Å². The quantitative estimate of drug-likeness (QED) is 0.166. The molecule has 0 unspecified atom stereocenters. The molecule has 8 rings (SSSR count). The molecular formula is C45H39IrN3O-2. The van der Waals surface area contributed by atoms with Crippen LogP contribution in [0.25, 0.3) is 66.5 Å². The fraction of sp³-hybridized carbons (Fsp3) is 0.178. The van der Waals surface area contributed by atoms with Crippen LogP contribution in [0, 0.1) is 39.8 Å². The zero-order valence-electron chi connectivity index (χ0n) is 29.5. The Balaban J connectivity index is 0.000000242. The summed E-state index contributed by atoms with van der Waals surface area (Å²) in [5.41, 5.74) is 14.7. The second-order valence-electron chi connectivity index (χ2n) is 13.9. The number of nitrogens with zero attached hydrogens (tertiary/aromatic N) is 3. The molecule has 5 heteroatoms. The van der Waals surface area contributed by atoms with Crippen LogP contribution < -0.4 is 0 Å². The predicted molar refractivity (Wildman–Crippen MR) is 203 cm³/mol. The Bertz CT molecular complexity index is 2410. The van der Waals surface area contributed by atoms with Crippen molar-refractivity contribution in [1.29, 1.82) is 0 Å². The Kier molecular flexibility index (Phi) is 9.84. The molecule has 0 N–H and O–H groups in total. The van der Waals surface area contributed by atoms with E-state index in [2.05, 4.69) is 113 Å². The van der Waals surface area contributed by atoms with Gasteiger partial charge in [-0.05, 0) is 84.2 Å². The van der Waals surface area contributed by atoms with E-state index in [1.165, 1.54) is 22.3 Å². The van der Waals surface area contributed by atoms with E-state index < -0.39 is 0 Å². The van der Waals surface area contributed by atoms with Crippen molar-refractivity contribution in [3.8, 4) is 33.6 Å². The largest absolute Gasteiger partial charge is 0.501 e. The minimum Gasteiger partial charge on any atom is -0.501 e. The molecule has 0 atom stereocenters. The molecule has 4 aromatic heterocycles. The maximum atomic E-state index is 6.25. The Morgan fingerprint density at radius 2 is 1.42 bits per heavy atom. The molecule has 0 amide bonds. The van der Waals surface area contributed by atoms with Crippen molar-refractivity contribution in [2.45, 2.75) is 53.9 Å². The maximum absolute atomic E-state index is 6.25. The molecular weight excluding hydrogens is 791 g/mol. The van der Waals surface area contributed by atoms with Gasteiger partial charge in [-0.3, -0.25) is 4.98 Å². The molecule has 0 fully saturated rings. The van der Waals surface area contributed by atoms with Gasteiger partial charge in [0, 0.05) is 54.4 Å². The van der Waals surface area contributed by atoms with Crippen molar-refractivity contribution in [2.24, 2.45) is 0 Å². The number of para-hydroxylation sites is 1. The first-order chi connectivity index (χ1) is 23.5. The summed E-state index contributed by atoms with van der Waals surface area (Å²) in [6, 6.07) is 39.9. The van der Waals surface area contributed by atoms with Gasteiger partial charge >= 0.3 is 0 Å². The third kappa shape index (κ3) is 7.03. The van der Waals surface area contributed by atoms with E-state index in [1.54, 1.807) is 0 Å². The number of benzene rings is 4. The Morgan fingerprint density at radius 1 is 0.660 bits per heavy atom. The maximum Gasteiger partial charge on any atom is 0.120 e. The number of furan rings is 1. The molecule has 4 nitrogen and oxygen atoms in total. The Morgan fingerprint density at radius 3 is 2.16 bits per heavy atom. The molecule has 251 valence electrons. The summed E-state index contributed by atoms with van der Waals surface area (Å²) < 4.78 is 6.25. The van der Waals surface area contributed by atoms with Crippen molar-refractivity contribution in [3.63, 3.8) is 0 Å². The van der Waals surface area contributed by atoms with Gasteiger partial charge in [0.2, 0.25) is 0 Å². The SMILES string of the molecule is Cc1c[c-]c(-c2ccc(C)cn2)cc1.Cc1cnc(-c2[c-]ccc3c2oc2ccccc23)cc1-c1cc2ccc(C(C)(C)C)nc2cc1C.[Ir]. The third-order valence-electron chi connectivity index (χ3n) is 8.95. The van der Waals surface area contributed by atoms with E-state index in [4.69, 9.17) is 14.4 Å². The van der Waals surface area contributed by atoms with Crippen LogP contribution in [0.5, 0.6) is 0 Å². The molecule has 0 spiro atoms. The molecule has 1 radical (unpaired) electrons. The molecule has 4 heterocycles. The summed E-state index contributed by atoms with van der Waals surface area (Å²) in [7, 11) is 0. The zero-order chi connectivity index (χ0) is 34.3. The minimum absolute atomic E-state index is 0. The van der Waals surface area contributed by atoms with Gasteiger partial charge < -0.3 is 14.4 Å². The van der Waals surface area contributed by atoms with Gasteiger partial charge in [-0.15, -0.1) is 53.6 Å². The van der Waals surface area contributed by atoms with E-state index in [-0.39, 0.29) is 25.5 Å². The number of fused-ring (bicyclic) bond motifs is 4. The van der Waals surface area contributed by atoms with E-state index in [0.717, 1.165) is 72.2 Å². The van der Waals surface area contributed by atoms with E-state index >= 15 is 0 Å². The number of rotatable bonds is 3. The topological polar surface area (TPSA) is 51.8 Å². The molecule has 0 aliphatic rings. The van der Waals surface area contributed by atoms with Crippen molar-refractivity contribution in [3.05, 3.63) is 150 Å². The molecule has 0 bridgehead atoms. The molecule has 0 aliphatic heterocycles. The first-order valence-corrected chi connectivity index (χ1v) is 16.7. The number of hydrogen-bond donors (Lipinski definition) is 0. The molecule has 4 aromatic carbocycles. The summed E-state index contributed by atoms with van der Waals surface area (Å²) in [5, 5.41) is 3.33. The normalized spacial score (nSPS) is 11.3. The van der Waals surface area contributed by atoms with Crippen LogP contribution >= 0.6 is 0 Å². The number of pyridine rings is 3. The average Bonchev–Trinajstić information content (AvgIpc) is 3.48. The smallest absolute Gasteiger partial charge is 0.120 e. The van der Waals surface area contributed by atoms with Gasteiger partial charge in [-0.25, -0.2) is 0 Å². The second-order valence-corrected chi connectivity index (χ2v) is 13.9. The van der Waals surface area contributed by atoms with Gasteiger partial charge in [0.05, 0.1) is 11.1 Å². The summed E-state index contributed by atoms with van der Waals surface area (Å²) >= 11 is 0. The van der Waals surface area contributed by atoms with Crippen LogP contribution in [-0.4, -0.2) is 15.0 Å². The van der Waals surface area contributed by atoms with Crippen LogP contribution in [-0.2, 0) is 25.5 Å². The van der Waals surface area contributed by atoms with Crippen molar-refractivity contribution in [2.75, 3.05) is 0 Å². The van der Waals surface area contributed by atoms with Gasteiger partial charge in [-0.2, -0.15) is 0 Å². The molecule has 8 aromatic rings. The summed E-state index contributed by atoms with van der Waals surface area (Å²) in [6.45, 7) is 15.0. The van der Waals surface area contributed by atoms with Crippen LogP contribution in [0.4, 0.5) is 0 Å². The zero-order valence-corrected chi connectivity index (χ0v) is 31.9. The van der Waals surface area contributed by atoms with E-state index in [1.807, 2.05) is 61.8 Å². The molecule has 50 heavy (non-hydrogen) atoms. The fourth-order valence-corrected chi connectivity index (χ4v) is 6.10. The second kappa shape index (κ2) is 14.1. The molecule has 0 saturated carbocycles. The third-order valence-corrected chi connectivity index (χ3v) is 8.95. The van der Waals surface area contributed by atoms with Crippen molar-refractivity contribution >= 4 is 32.8 Å². The minimum atomic E-state index is 0. The molecule has 0 saturated heterocycles. The predicted octanol–water partition coefficient (Wildman–Crippen LogP) is 11.7. The number of aryl methyl sites for hydroxylation is 4. The first kappa shape index (κ1) is 34.9. The number of aromatic nitrogens is 3. The van der Waals surface area contributed by atoms with Crippen LogP contribution in [0.15, 0.2) is 114 Å². The van der Waals surface area contributed by atoms with E-state index in [9.17, 15) is 0 Å². The average molecular weight is 830 g/mol. The van der Waals surface area contributed by atoms with Crippen LogP contribution in [0.2, 0.25) is 0 Å². The van der Waals surface area contributed by atoms with Gasteiger partial charge in [0.15, 0.2) is 0 Å². The van der Waals surface area contributed by atoms with E-state index in [0.29, 0.717) is 0 Å². The van der Waals surface area contributed by atoms with Crippen molar-refractivity contribution < 1.29 is 24.5 Å². The van der Waals surface area contributed by atoms with Gasteiger partial charge in [0.1, 0.15) is 5.58 Å². The Hall–Kier alpha value is -4.96. The summed E-state index contributed by atoms with van der Waals surface area (Å²) in [6.07, 6.45) is 3.83. The van der Waals surface area contributed by atoms with Gasteiger partial charge in [0.25, 0.3) is 0 Å². The monoisotopic (exact) mass is 830 g/mol.